The van der Waals surface area contributed by atoms with Crippen LogP contribution in [0.25, 0.3) is 0 Å². The number of carbonyl (C=O) groups excluding carboxylic acids is 1. The van der Waals surface area contributed by atoms with Crippen LogP contribution in [0, 0.1) is 0 Å². The van der Waals surface area contributed by atoms with Crippen molar-refractivity contribution in [1.29, 1.82) is 0 Å². The van der Waals surface area contributed by atoms with Crippen molar-refractivity contribution in [1.82, 2.24) is 0 Å². The van der Waals surface area contributed by atoms with Gasteiger partial charge < -0.3 is 14.9 Å². The Balaban J connectivity index is 5.06. The molecule has 0 aliphatic heterocycles. The van der Waals surface area contributed by atoms with Gasteiger partial charge in [0.05, 0.1) is 0 Å². The molecular weight excluding hydrogens is 243 g/mol. The van der Waals surface area contributed by atoms with Crippen LogP contribution >= 0.6 is 0 Å². The van der Waals surface area contributed by atoms with Gasteiger partial charge in [0.1, 0.15) is 0 Å². The molecule has 2 N–H and O–H groups in total. The quantitative estimate of drug-likeness (QED) is 0.338. The molecule has 0 heterocycles. The molecule has 0 spiro atoms. The Kier molecular flexibility index (Phi) is 3.68. The van der Waals surface area contributed by atoms with Gasteiger partial charge in [-0.3, -0.25) is 0 Å². The zero-order chi connectivity index (χ0) is 13.4. The summed E-state index contributed by atoms with van der Waals surface area (Å²) in [4.78, 5) is 10.6. The average Bonchev–Trinajstić information content (AvgIpc) is 2.00. The Morgan fingerprint density at radius 3 is 1.81 bits per heavy atom. The predicted octanol–water partition coefficient (Wildman–Crippen LogP) is 0.942. The van der Waals surface area contributed by atoms with Gasteiger partial charge in [-0.05, 0) is 6.92 Å². The van der Waals surface area contributed by atoms with Gasteiger partial charge in [-0.1, -0.05) is 6.58 Å². The molecule has 16 heavy (non-hydrogen) atoms. The summed E-state index contributed by atoms with van der Waals surface area (Å²) in [6.45, 7) is 3.78. The number of carbonyl (C=O) groups is 1. The van der Waals surface area contributed by atoms with Crippen LogP contribution in [0.4, 0.5) is 22.0 Å². The molecule has 0 saturated carbocycles. The standard InChI is InChI=1S/C7H7F5O4/c1-3(2)4(13)16-7(14,15)5(8,9)6(10,11)12/h14-15H,1H2,2H3. The van der Waals surface area contributed by atoms with Crippen molar-refractivity contribution in [2.45, 2.75) is 25.0 Å². The van der Waals surface area contributed by atoms with Crippen LogP contribution in [0.15, 0.2) is 12.2 Å². The minimum absolute atomic E-state index is 0.578. The van der Waals surface area contributed by atoms with Gasteiger partial charge in [0.2, 0.25) is 0 Å². The van der Waals surface area contributed by atoms with E-state index in [9.17, 15) is 26.7 Å². The van der Waals surface area contributed by atoms with Crippen LogP contribution in [0.1, 0.15) is 6.92 Å². The molecule has 0 aliphatic rings. The van der Waals surface area contributed by atoms with Gasteiger partial charge in [-0.2, -0.15) is 22.0 Å². The average molecular weight is 250 g/mol. The molecule has 0 aliphatic carbocycles. The van der Waals surface area contributed by atoms with Crippen molar-refractivity contribution in [3.63, 3.8) is 0 Å². The van der Waals surface area contributed by atoms with E-state index >= 15 is 0 Å². The summed E-state index contributed by atoms with van der Waals surface area (Å²) in [5, 5.41) is 16.8. The van der Waals surface area contributed by atoms with Crippen LogP contribution in [-0.4, -0.2) is 34.3 Å². The van der Waals surface area contributed by atoms with Crippen molar-refractivity contribution in [2.24, 2.45) is 0 Å². The van der Waals surface area contributed by atoms with Gasteiger partial charge in [0, 0.05) is 5.57 Å². The Labute approximate surface area is 85.9 Å². The fraction of sp³-hybridized carbons (Fsp3) is 0.571. The van der Waals surface area contributed by atoms with E-state index in [1.807, 2.05) is 0 Å². The molecule has 94 valence electrons. The highest BCUT2D eigenvalue weighted by atomic mass is 19.4. The van der Waals surface area contributed by atoms with Crippen molar-refractivity contribution in [3.05, 3.63) is 12.2 Å². The summed E-state index contributed by atoms with van der Waals surface area (Å²) >= 11 is 0. The summed E-state index contributed by atoms with van der Waals surface area (Å²) in [7, 11) is 0. The van der Waals surface area contributed by atoms with Gasteiger partial charge in [0.25, 0.3) is 0 Å². The fourth-order valence-corrected chi connectivity index (χ4v) is 0.465. The first-order valence-corrected chi connectivity index (χ1v) is 3.61. The number of aliphatic hydroxyl groups is 2. The largest absolute Gasteiger partial charge is 0.463 e. The van der Waals surface area contributed by atoms with E-state index in [-0.39, 0.29) is 0 Å². The maximum Gasteiger partial charge on any atom is 0.463 e. The summed E-state index contributed by atoms with van der Waals surface area (Å²) in [5.74, 6) is -12.8. The Morgan fingerprint density at radius 1 is 1.19 bits per heavy atom. The van der Waals surface area contributed by atoms with E-state index in [0.29, 0.717) is 0 Å². The van der Waals surface area contributed by atoms with E-state index in [1.165, 1.54) is 0 Å². The third kappa shape index (κ3) is 2.67. The van der Waals surface area contributed by atoms with Gasteiger partial charge in [0.15, 0.2) is 0 Å². The summed E-state index contributed by atoms with van der Waals surface area (Å²) in [5.41, 5.74) is -0.578. The SMILES string of the molecule is C=C(C)C(=O)OC(O)(O)C(F)(F)C(F)(F)F. The first kappa shape index (κ1) is 14.8. The Morgan fingerprint density at radius 2 is 1.56 bits per heavy atom. The van der Waals surface area contributed by atoms with E-state index in [0.717, 1.165) is 6.92 Å². The smallest absolute Gasteiger partial charge is 0.399 e. The molecule has 0 rings (SSSR count). The van der Waals surface area contributed by atoms with E-state index in [1.54, 1.807) is 0 Å². The summed E-state index contributed by atoms with van der Waals surface area (Å²) in [6, 6.07) is 0. The van der Waals surface area contributed by atoms with Crippen molar-refractivity contribution < 1.29 is 41.7 Å². The molecule has 0 fully saturated rings. The summed E-state index contributed by atoms with van der Waals surface area (Å²) in [6.07, 6.45) is -6.29. The molecule has 0 aromatic heterocycles. The Hall–Kier alpha value is -1.22. The second-order valence-electron chi connectivity index (χ2n) is 2.85. The molecule has 0 bridgehead atoms. The highest BCUT2D eigenvalue weighted by Crippen LogP contribution is 2.42. The van der Waals surface area contributed by atoms with Crippen LogP contribution in [-0.2, 0) is 9.53 Å². The maximum absolute atomic E-state index is 12.4. The number of esters is 1. The zero-order valence-corrected chi connectivity index (χ0v) is 7.81. The number of halogens is 5. The molecular formula is C7H7F5O4. The van der Waals surface area contributed by atoms with Crippen LogP contribution in [0.5, 0.6) is 0 Å². The second kappa shape index (κ2) is 3.98. The number of hydrogen-bond donors (Lipinski definition) is 2. The highest BCUT2D eigenvalue weighted by molar-refractivity contribution is 5.87. The third-order valence-corrected chi connectivity index (χ3v) is 1.35. The first-order chi connectivity index (χ1) is 6.83. The number of hydrogen-bond acceptors (Lipinski definition) is 4. The van der Waals surface area contributed by atoms with Gasteiger partial charge >= 0.3 is 24.0 Å². The molecule has 0 saturated heterocycles. The normalized spacial score (nSPS) is 13.5. The van der Waals surface area contributed by atoms with Gasteiger partial charge in [-0.15, -0.1) is 0 Å². The van der Waals surface area contributed by atoms with E-state index in [4.69, 9.17) is 10.2 Å². The predicted molar refractivity (Wildman–Crippen MR) is 39.1 cm³/mol. The number of rotatable bonds is 3. The maximum atomic E-state index is 12.4. The van der Waals surface area contributed by atoms with Gasteiger partial charge in [-0.25, -0.2) is 4.79 Å². The molecule has 0 aromatic carbocycles. The lowest BCUT2D eigenvalue weighted by molar-refractivity contribution is -0.462. The minimum Gasteiger partial charge on any atom is -0.399 e. The van der Waals surface area contributed by atoms with Crippen molar-refractivity contribution in [3.8, 4) is 0 Å². The van der Waals surface area contributed by atoms with Crippen LogP contribution in [0.2, 0.25) is 0 Å². The minimum atomic E-state index is -6.29. The zero-order valence-electron chi connectivity index (χ0n) is 7.81. The van der Waals surface area contributed by atoms with E-state index < -0.39 is 29.6 Å². The monoisotopic (exact) mass is 250 g/mol. The molecule has 0 unspecified atom stereocenters. The molecule has 4 nitrogen and oxygen atoms in total. The van der Waals surface area contributed by atoms with Crippen molar-refractivity contribution >= 4 is 5.97 Å². The third-order valence-electron chi connectivity index (χ3n) is 1.35. The lowest BCUT2D eigenvalue weighted by atomic mass is 10.2. The molecule has 0 amide bonds. The van der Waals surface area contributed by atoms with E-state index in [2.05, 4.69) is 11.3 Å². The molecule has 0 radical (unpaired) electrons. The van der Waals surface area contributed by atoms with Crippen LogP contribution in [0.3, 0.4) is 0 Å². The molecule has 0 aromatic rings. The first-order valence-electron chi connectivity index (χ1n) is 3.61. The number of alkyl halides is 5. The summed E-state index contributed by atoms with van der Waals surface area (Å²) < 4.78 is 63.1. The number of ether oxygens (including phenoxy) is 1. The second-order valence-corrected chi connectivity index (χ2v) is 2.85. The molecule has 0 atom stereocenters. The Bertz CT molecular complexity index is 306. The fourth-order valence-electron chi connectivity index (χ4n) is 0.465. The van der Waals surface area contributed by atoms with Crippen molar-refractivity contribution in [2.75, 3.05) is 0 Å². The lowest BCUT2D eigenvalue weighted by Crippen LogP contribution is -2.59. The topological polar surface area (TPSA) is 66.8 Å². The molecule has 9 heteroatoms. The van der Waals surface area contributed by atoms with Crippen LogP contribution < -0.4 is 0 Å². The highest BCUT2D eigenvalue weighted by Gasteiger charge is 2.73. The lowest BCUT2D eigenvalue weighted by Gasteiger charge is -2.30.